The molecule has 0 spiro atoms. The van der Waals surface area contributed by atoms with Crippen molar-refractivity contribution >= 4 is 82.5 Å². The van der Waals surface area contributed by atoms with Gasteiger partial charge >= 0.3 is 0 Å². The first kappa shape index (κ1) is 26.0. The number of nitrogens with zero attached hydrogens (tertiary/aromatic N) is 1. The van der Waals surface area contributed by atoms with Gasteiger partial charge in [0.2, 0.25) is 0 Å². The maximum atomic E-state index is 6.70. The molecule has 0 aliphatic carbocycles. The molecule has 10 rings (SSSR count). The number of benzene rings is 8. The number of anilines is 3. The topological polar surface area (TPSA) is 29.5 Å². The summed E-state index contributed by atoms with van der Waals surface area (Å²) in [6, 6.07) is 57.8. The zero-order valence-electron chi connectivity index (χ0n) is 25.4. The van der Waals surface area contributed by atoms with E-state index >= 15 is 0 Å². The van der Waals surface area contributed by atoms with Crippen molar-refractivity contribution in [2.75, 3.05) is 4.90 Å². The number of fused-ring (bicyclic) bond motifs is 9. The summed E-state index contributed by atoms with van der Waals surface area (Å²) in [5, 5.41) is 8.90. The van der Waals surface area contributed by atoms with Crippen LogP contribution in [0.25, 0.3) is 76.5 Å². The molecule has 0 aliphatic rings. The Hall–Kier alpha value is -6.32. The van der Waals surface area contributed by atoms with Crippen molar-refractivity contribution in [3.8, 4) is 11.1 Å². The summed E-state index contributed by atoms with van der Waals surface area (Å²) < 4.78 is 13.4. The molecule has 3 heteroatoms. The Morgan fingerprint density at radius 2 is 0.957 bits per heavy atom. The lowest BCUT2D eigenvalue weighted by Crippen LogP contribution is -2.12. The van der Waals surface area contributed by atoms with Crippen molar-refractivity contribution in [1.29, 1.82) is 0 Å². The van der Waals surface area contributed by atoms with E-state index in [0.717, 1.165) is 82.8 Å². The second-order valence-corrected chi connectivity index (χ2v) is 12.1. The number of furan rings is 2. The van der Waals surface area contributed by atoms with Gasteiger partial charge in [-0.3, -0.25) is 0 Å². The summed E-state index contributed by atoms with van der Waals surface area (Å²) in [5.41, 5.74) is 8.89. The summed E-state index contributed by atoms with van der Waals surface area (Å²) in [4.78, 5) is 2.38. The quantitative estimate of drug-likeness (QED) is 0.201. The minimum atomic E-state index is 0.851. The van der Waals surface area contributed by atoms with Gasteiger partial charge in [-0.2, -0.15) is 0 Å². The molecular weight excluding hydrogens is 574 g/mol. The van der Waals surface area contributed by atoms with Crippen molar-refractivity contribution in [2.45, 2.75) is 0 Å². The fraction of sp³-hybridized carbons (Fsp3) is 0. The molecule has 3 nitrogen and oxygen atoms in total. The van der Waals surface area contributed by atoms with Crippen LogP contribution < -0.4 is 4.90 Å². The number of para-hydroxylation sites is 3. The third kappa shape index (κ3) is 3.93. The Labute approximate surface area is 270 Å². The summed E-state index contributed by atoms with van der Waals surface area (Å²) in [6.45, 7) is 0. The van der Waals surface area contributed by atoms with Crippen molar-refractivity contribution in [3.63, 3.8) is 0 Å². The minimum Gasteiger partial charge on any atom is -0.455 e. The van der Waals surface area contributed by atoms with Crippen molar-refractivity contribution < 1.29 is 8.83 Å². The van der Waals surface area contributed by atoms with Gasteiger partial charge in [-0.25, -0.2) is 0 Å². The molecular formula is C44H27NO2. The summed E-state index contributed by atoms with van der Waals surface area (Å²) in [5.74, 6) is 0. The fourth-order valence-corrected chi connectivity index (χ4v) is 7.28. The highest BCUT2D eigenvalue weighted by Gasteiger charge is 2.25. The van der Waals surface area contributed by atoms with Crippen molar-refractivity contribution in [3.05, 3.63) is 164 Å². The van der Waals surface area contributed by atoms with E-state index < -0.39 is 0 Å². The fourth-order valence-electron chi connectivity index (χ4n) is 7.28. The van der Waals surface area contributed by atoms with Gasteiger partial charge in [0.15, 0.2) is 5.58 Å². The Morgan fingerprint density at radius 3 is 1.83 bits per heavy atom. The Kier molecular flexibility index (Phi) is 5.57. The van der Waals surface area contributed by atoms with Crippen LogP contribution in [0.1, 0.15) is 0 Å². The third-order valence-electron chi connectivity index (χ3n) is 9.42. The third-order valence-corrected chi connectivity index (χ3v) is 9.42. The van der Waals surface area contributed by atoms with E-state index in [1.165, 1.54) is 10.8 Å². The van der Waals surface area contributed by atoms with Crippen LogP contribution in [-0.2, 0) is 0 Å². The van der Waals surface area contributed by atoms with E-state index in [2.05, 4.69) is 157 Å². The van der Waals surface area contributed by atoms with Crippen LogP contribution in [0.15, 0.2) is 173 Å². The van der Waals surface area contributed by atoms with Gasteiger partial charge in [0, 0.05) is 37.9 Å². The monoisotopic (exact) mass is 601 g/mol. The van der Waals surface area contributed by atoms with Crippen molar-refractivity contribution in [1.82, 2.24) is 0 Å². The molecule has 0 amide bonds. The summed E-state index contributed by atoms with van der Waals surface area (Å²) >= 11 is 0. The second-order valence-electron chi connectivity index (χ2n) is 12.1. The first-order valence-corrected chi connectivity index (χ1v) is 15.9. The largest absolute Gasteiger partial charge is 0.455 e. The number of rotatable bonds is 4. The lowest BCUT2D eigenvalue weighted by molar-refractivity contribution is 0.669. The van der Waals surface area contributed by atoms with Crippen LogP contribution in [0.2, 0.25) is 0 Å². The zero-order valence-corrected chi connectivity index (χ0v) is 25.4. The Balaban J connectivity index is 1.36. The standard InChI is InChI=1S/C44H27NO2/c1-2-13-28(14-3-1)31-17-8-10-22-38(31)45(39-23-12-21-35-33-19-9-11-24-41(33)46-44(35)39)40-27-37-36-25-29-15-4-5-16-30(29)26-42(36)47-43(37)34-20-7-6-18-32(34)40/h1-27H. The van der Waals surface area contributed by atoms with Crippen LogP contribution in [0, 0.1) is 0 Å². The Bertz CT molecular complexity index is 2810. The average molecular weight is 602 g/mol. The summed E-state index contributed by atoms with van der Waals surface area (Å²) in [6.07, 6.45) is 0. The van der Waals surface area contributed by atoms with E-state index in [1.807, 2.05) is 12.1 Å². The first-order valence-electron chi connectivity index (χ1n) is 15.9. The number of hydrogen-bond donors (Lipinski definition) is 0. The highest BCUT2D eigenvalue weighted by Crippen LogP contribution is 2.49. The predicted molar refractivity (Wildman–Crippen MR) is 196 cm³/mol. The lowest BCUT2D eigenvalue weighted by Gasteiger charge is -2.29. The second kappa shape index (κ2) is 10.1. The van der Waals surface area contributed by atoms with Gasteiger partial charge in [0.25, 0.3) is 0 Å². The highest BCUT2D eigenvalue weighted by atomic mass is 16.3. The molecule has 0 N–H and O–H groups in total. The Morgan fingerprint density at radius 1 is 0.340 bits per heavy atom. The van der Waals surface area contributed by atoms with Crippen LogP contribution in [0.5, 0.6) is 0 Å². The molecule has 220 valence electrons. The maximum absolute atomic E-state index is 6.70. The first-order chi connectivity index (χ1) is 23.3. The smallest absolute Gasteiger partial charge is 0.159 e. The van der Waals surface area contributed by atoms with Gasteiger partial charge in [0.1, 0.15) is 16.7 Å². The van der Waals surface area contributed by atoms with E-state index in [0.29, 0.717) is 0 Å². The van der Waals surface area contributed by atoms with E-state index in [9.17, 15) is 0 Å². The molecule has 8 aromatic carbocycles. The van der Waals surface area contributed by atoms with Gasteiger partial charge in [-0.15, -0.1) is 0 Å². The minimum absolute atomic E-state index is 0.851. The van der Waals surface area contributed by atoms with Gasteiger partial charge in [-0.1, -0.05) is 127 Å². The van der Waals surface area contributed by atoms with E-state index in [1.54, 1.807) is 0 Å². The number of hydrogen-bond acceptors (Lipinski definition) is 3. The lowest BCUT2D eigenvalue weighted by atomic mass is 9.98. The van der Waals surface area contributed by atoms with Crippen LogP contribution in [0.4, 0.5) is 17.1 Å². The SMILES string of the molecule is c1ccc(-c2ccccc2N(c2cc3c4cc5ccccc5cc4oc3c3ccccc23)c2cccc3c2oc2ccccc23)cc1. The normalized spacial score (nSPS) is 11.8. The van der Waals surface area contributed by atoms with Crippen LogP contribution >= 0.6 is 0 Å². The molecule has 0 saturated carbocycles. The molecule has 0 bridgehead atoms. The molecule has 0 aliphatic heterocycles. The van der Waals surface area contributed by atoms with E-state index in [-0.39, 0.29) is 0 Å². The molecule has 2 heterocycles. The van der Waals surface area contributed by atoms with Gasteiger partial charge < -0.3 is 13.7 Å². The van der Waals surface area contributed by atoms with E-state index in [4.69, 9.17) is 8.83 Å². The molecule has 0 unspecified atom stereocenters. The highest BCUT2D eigenvalue weighted by molar-refractivity contribution is 6.22. The zero-order chi connectivity index (χ0) is 30.9. The molecule has 47 heavy (non-hydrogen) atoms. The average Bonchev–Trinajstić information content (AvgIpc) is 3.70. The van der Waals surface area contributed by atoms with Crippen LogP contribution in [0.3, 0.4) is 0 Å². The predicted octanol–water partition coefficient (Wildman–Crippen LogP) is 12.9. The van der Waals surface area contributed by atoms with Crippen molar-refractivity contribution in [2.24, 2.45) is 0 Å². The van der Waals surface area contributed by atoms with Gasteiger partial charge in [0.05, 0.1) is 17.1 Å². The molecule has 0 radical (unpaired) electrons. The van der Waals surface area contributed by atoms with Gasteiger partial charge in [-0.05, 0) is 52.7 Å². The van der Waals surface area contributed by atoms with Crippen LogP contribution in [-0.4, -0.2) is 0 Å². The summed E-state index contributed by atoms with van der Waals surface area (Å²) in [7, 11) is 0. The maximum Gasteiger partial charge on any atom is 0.159 e. The molecule has 0 atom stereocenters. The molecule has 2 aromatic heterocycles. The molecule has 0 saturated heterocycles. The molecule has 0 fully saturated rings. The molecule has 10 aromatic rings.